The van der Waals surface area contributed by atoms with Crippen LogP contribution in [0.4, 0.5) is 0 Å². The molecule has 4 aromatic rings. The van der Waals surface area contributed by atoms with Gasteiger partial charge in [-0.25, -0.2) is 0 Å². The second-order valence-electron chi connectivity index (χ2n) is 6.00. The Labute approximate surface area is 153 Å². The molecule has 120 valence electrons. The van der Waals surface area contributed by atoms with E-state index in [0.29, 0.717) is 0 Å². The van der Waals surface area contributed by atoms with Crippen molar-refractivity contribution >= 4 is 21.5 Å². The molecule has 0 aromatic heterocycles. The highest BCUT2D eigenvalue weighted by atomic mass is 14.0. The molecule has 0 heterocycles. The monoisotopic (exact) mass is 328 g/mol. The first-order valence-electron chi connectivity index (χ1n) is 8.54. The van der Waals surface area contributed by atoms with Crippen LogP contribution in [0.2, 0.25) is 0 Å². The Hall–Kier alpha value is -3.74. The highest BCUT2D eigenvalue weighted by Gasteiger charge is 1.93. The van der Waals surface area contributed by atoms with E-state index in [1.54, 1.807) is 12.2 Å². The average Bonchev–Trinajstić information content (AvgIpc) is 2.70. The van der Waals surface area contributed by atoms with E-state index in [4.69, 9.17) is 0 Å². The molecule has 0 heteroatoms. The molecule has 0 unspecified atom stereocenters. The fourth-order valence-electron chi connectivity index (χ4n) is 2.87. The second-order valence-corrected chi connectivity index (χ2v) is 6.00. The van der Waals surface area contributed by atoms with Crippen molar-refractivity contribution in [2.24, 2.45) is 0 Å². The van der Waals surface area contributed by atoms with Gasteiger partial charge in [0.15, 0.2) is 0 Å². The summed E-state index contributed by atoms with van der Waals surface area (Å²) in [5.41, 5.74) is 2.02. The van der Waals surface area contributed by atoms with Crippen molar-refractivity contribution in [3.8, 4) is 23.7 Å². The third-order valence-electron chi connectivity index (χ3n) is 4.18. The zero-order valence-corrected chi connectivity index (χ0v) is 14.2. The zero-order chi connectivity index (χ0) is 17.6. The first kappa shape index (κ1) is 15.8. The van der Waals surface area contributed by atoms with Crippen LogP contribution >= 0.6 is 0 Å². The summed E-state index contributed by atoms with van der Waals surface area (Å²) in [6, 6.07) is 29.1. The summed E-state index contributed by atoms with van der Waals surface area (Å²) in [6.45, 7) is 0. The summed E-state index contributed by atoms with van der Waals surface area (Å²) in [5.74, 6) is 12.4. The Morgan fingerprint density at radius 3 is 1.35 bits per heavy atom. The topological polar surface area (TPSA) is 0 Å². The predicted octanol–water partition coefficient (Wildman–Crippen LogP) is 5.95. The first-order chi connectivity index (χ1) is 12.9. The normalized spacial score (nSPS) is 10.3. The summed E-state index contributed by atoms with van der Waals surface area (Å²) in [6.07, 6.45) is 3.59. The molecule has 0 N–H and O–H groups in total. The van der Waals surface area contributed by atoms with Crippen LogP contribution in [0.25, 0.3) is 21.5 Å². The molecule has 0 spiro atoms. The summed E-state index contributed by atoms with van der Waals surface area (Å²) < 4.78 is 0. The van der Waals surface area contributed by atoms with Crippen molar-refractivity contribution in [3.63, 3.8) is 0 Å². The molecule has 0 saturated carbocycles. The molecule has 0 bridgehead atoms. The molecular formula is C26H16. The average molecular weight is 328 g/mol. The lowest BCUT2D eigenvalue weighted by atomic mass is 10.1. The van der Waals surface area contributed by atoms with Gasteiger partial charge in [0.2, 0.25) is 0 Å². The fraction of sp³-hybridized carbons (Fsp3) is 0. The van der Waals surface area contributed by atoms with Crippen molar-refractivity contribution in [1.82, 2.24) is 0 Å². The summed E-state index contributed by atoms with van der Waals surface area (Å²) in [5, 5.41) is 4.88. The number of rotatable bonds is 0. The van der Waals surface area contributed by atoms with E-state index in [1.807, 2.05) is 36.4 Å². The van der Waals surface area contributed by atoms with E-state index < -0.39 is 0 Å². The van der Waals surface area contributed by atoms with Crippen LogP contribution < -0.4 is 0 Å². The van der Waals surface area contributed by atoms with Crippen molar-refractivity contribution in [1.29, 1.82) is 0 Å². The minimum atomic E-state index is 1.01. The van der Waals surface area contributed by atoms with E-state index in [0.717, 1.165) is 11.1 Å². The van der Waals surface area contributed by atoms with Gasteiger partial charge in [0.05, 0.1) is 0 Å². The smallest absolute Gasteiger partial charge is 0.0255 e. The molecule has 0 nitrogen and oxygen atoms in total. The van der Waals surface area contributed by atoms with Gasteiger partial charge < -0.3 is 0 Å². The minimum Gasteiger partial charge on any atom is -0.0689 e. The van der Waals surface area contributed by atoms with Crippen molar-refractivity contribution in [2.75, 3.05) is 0 Å². The lowest BCUT2D eigenvalue weighted by molar-refractivity contribution is 1.69. The maximum absolute atomic E-state index is 3.16. The van der Waals surface area contributed by atoms with Gasteiger partial charge in [0.1, 0.15) is 0 Å². The third-order valence-corrected chi connectivity index (χ3v) is 4.18. The molecule has 0 saturated heterocycles. The maximum Gasteiger partial charge on any atom is 0.0255 e. The number of hydrogen-bond donors (Lipinski definition) is 0. The van der Waals surface area contributed by atoms with Gasteiger partial charge in [0, 0.05) is 11.1 Å². The van der Waals surface area contributed by atoms with E-state index in [-0.39, 0.29) is 0 Å². The van der Waals surface area contributed by atoms with E-state index >= 15 is 0 Å². The highest BCUT2D eigenvalue weighted by Crippen LogP contribution is 2.15. The molecule has 0 atom stereocenters. The number of allylic oxidation sites excluding steroid dienone is 2. The zero-order valence-electron chi connectivity index (χ0n) is 14.2. The van der Waals surface area contributed by atoms with Gasteiger partial charge in [-0.3, -0.25) is 0 Å². The quantitative estimate of drug-likeness (QED) is 0.350. The third kappa shape index (κ3) is 3.67. The minimum absolute atomic E-state index is 1.01. The van der Waals surface area contributed by atoms with E-state index in [2.05, 4.69) is 72.2 Å². The summed E-state index contributed by atoms with van der Waals surface area (Å²) >= 11 is 0. The summed E-state index contributed by atoms with van der Waals surface area (Å²) in [7, 11) is 0. The van der Waals surface area contributed by atoms with Crippen LogP contribution in [0.15, 0.2) is 97.1 Å². The highest BCUT2D eigenvalue weighted by molar-refractivity contribution is 5.84. The summed E-state index contributed by atoms with van der Waals surface area (Å²) in [4.78, 5) is 0. The Kier molecular flexibility index (Phi) is 4.51. The number of hydrogen-bond acceptors (Lipinski definition) is 0. The second kappa shape index (κ2) is 7.43. The van der Waals surface area contributed by atoms with Gasteiger partial charge in [-0.1, -0.05) is 84.3 Å². The molecule has 0 radical (unpaired) electrons. The van der Waals surface area contributed by atoms with Crippen LogP contribution in [0.3, 0.4) is 0 Å². The molecule has 0 fully saturated rings. The lowest BCUT2D eigenvalue weighted by Crippen LogP contribution is -1.76. The number of benzene rings is 4. The molecule has 0 aliphatic carbocycles. The van der Waals surface area contributed by atoms with Gasteiger partial charge >= 0.3 is 0 Å². The Morgan fingerprint density at radius 2 is 0.885 bits per heavy atom. The van der Waals surface area contributed by atoms with Crippen LogP contribution in [-0.2, 0) is 0 Å². The van der Waals surface area contributed by atoms with Crippen LogP contribution in [-0.4, -0.2) is 0 Å². The van der Waals surface area contributed by atoms with E-state index in [9.17, 15) is 0 Å². The van der Waals surface area contributed by atoms with Crippen LogP contribution in [0, 0.1) is 23.7 Å². The standard InChI is InChI=1S/C26H16/c1(3-9-21-15-17-23-11-5-7-13-25(23)19-21)2-4-10-22-16-18-24-12-6-8-14-26(24)20-22/h1-2,5-8,11-20H/b2-1+. The van der Waals surface area contributed by atoms with Crippen molar-refractivity contribution in [2.45, 2.75) is 0 Å². The van der Waals surface area contributed by atoms with Crippen molar-refractivity contribution in [3.05, 3.63) is 108 Å². The molecular weight excluding hydrogens is 312 g/mol. The van der Waals surface area contributed by atoms with Crippen LogP contribution in [0.5, 0.6) is 0 Å². The van der Waals surface area contributed by atoms with E-state index in [1.165, 1.54) is 21.5 Å². The van der Waals surface area contributed by atoms with Gasteiger partial charge in [-0.05, 0) is 58.0 Å². The molecule has 4 aromatic carbocycles. The molecule has 26 heavy (non-hydrogen) atoms. The predicted molar refractivity (Wildman–Crippen MR) is 111 cm³/mol. The van der Waals surface area contributed by atoms with Gasteiger partial charge in [-0.15, -0.1) is 0 Å². The Bertz CT molecular complexity index is 1140. The molecule has 0 aliphatic heterocycles. The Morgan fingerprint density at radius 1 is 0.462 bits per heavy atom. The van der Waals surface area contributed by atoms with Gasteiger partial charge in [0.25, 0.3) is 0 Å². The molecule has 0 amide bonds. The molecule has 0 aliphatic rings. The Balaban J connectivity index is 1.47. The van der Waals surface area contributed by atoms with Crippen molar-refractivity contribution < 1.29 is 0 Å². The molecule has 4 rings (SSSR count). The largest absolute Gasteiger partial charge is 0.0689 e. The van der Waals surface area contributed by atoms with Gasteiger partial charge in [-0.2, -0.15) is 0 Å². The lowest BCUT2D eigenvalue weighted by Gasteiger charge is -1.96. The van der Waals surface area contributed by atoms with Crippen LogP contribution in [0.1, 0.15) is 11.1 Å². The first-order valence-corrected chi connectivity index (χ1v) is 8.54. The SMILES string of the molecule is C(#Cc1ccc2ccccc2c1)/C=C/C#Cc1ccc2ccccc2c1. The maximum atomic E-state index is 3.16. The fourth-order valence-corrected chi connectivity index (χ4v) is 2.87. The number of fused-ring (bicyclic) bond motifs is 2.